The Morgan fingerprint density at radius 2 is 2.08 bits per heavy atom. The second kappa shape index (κ2) is 9.71. The number of carbonyl (C=O) groups is 1. The van der Waals surface area contributed by atoms with E-state index < -0.39 is 0 Å². The number of aryl methyl sites for hydroxylation is 1. The lowest BCUT2D eigenvalue weighted by molar-refractivity contribution is -0.121. The predicted molar refractivity (Wildman–Crippen MR) is 104 cm³/mol. The smallest absolute Gasteiger partial charge is 0.220 e. The van der Waals surface area contributed by atoms with Gasteiger partial charge < -0.3 is 14.8 Å². The lowest BCUT2D eigenvalue weighted by Gasteiger charge is -2.35. The van der Waals surface area contributed by atoms with Gasteiger partial charge in [0.2, 0.25) is 5.91 Å². The minimum atomic E-state index is 0.0840. The Labute approximate surface area is 158 Å². The number of amides is 1. The highest BCUT2D eigenvalue weighted by Crippen LogP contribution is 2.29. The number of hydrogen-bond acceptors (Lipinski definition) is 5. The minimum absolute atomic E-state index is 0.0840. The van der Waals surface area contributed by atoms with Crippen molar-refractivity contribution in [3.63, 3.8) is 0 Å². The Morgan fingerprint density at radius 1 is 1.27 bits per heavy atom. The van der Waals surface area contributed by atoms with Crippen LogP contribution in [-0.4, -0.2) is 50.8 Å². The molecule has 1 aromatic carbocycles. The SMILES string of the molecule is COc1ccccc1C(CNC(=O)CCc1cccs1)N1CCOCC1. The van der Waals surface area contributed by atoms with E-state index in [0.29, 0.717) is 13.0 Å². The van der Waals surface area contributed by atoms with Crippen LogP contribution < -0.4 is 10.1 Å². The summed E-state index contributed by atoms with van der Waals surface area (Å²) in [7, 11) is 1.69. The molecule has 1 aliphatic rings. The molecule has 1 N–H and O–H groups in total. The van der Waals surface area contributed by atoms with E-state index in [9.17, 15) is 4.79 Å². The average Bonchev–Trinajstić information content (AvgIpc) is 3.21. The summed E-state index contributed by atoms with van der Waals surface area (Å²) in [5.41, 5.74) is 1.11. The van der Waals surface area contributed by atoms with E-state index in [0.717, 1.165) is 44.0 Å². The van der Waals surface area contributed by atoms with Gasteiger partial charge in [0.15, 0.2) is 0 Å². The summed E-state index contributed by atoms with van der Waals surface area (Å²) in [6, 6.07) is 12.2. The number of thiophene rings is 1. The molecule has 6 heteroatoms. The van der Waals surface area contributed by atoms with Crippen LogP contribution in [0.3, 0.4) is 0 Å². The van der Waals surface area contributed by atoms with Gasteiger partial charge in [0.05, 0.1) is 26.4 Å². The fourth-order valence-electron chi connectivity index (χ4n) is 3.26. The van der Waals surface area contributed by atoms with Crippen molar-refractivity contribution in [2.75, 3.05) is 40.0 Å². The van der Waals surface area contributed by atoms with Gasteiger partial charge in [0.25, 0.3) is 0 Å². The van der Waals surface area contributed by atoms with Crippen molar-refractivity contribution in [2.24, 2.45) is 0 Å². The van der Waals surface area contributed by atoms with Gasteiger partial charge in [-0.2, -0.15) is 0 Å². The topological polar surface area (TPSA) is 50.8 Å². The van der Waals surface area contributed by atoms with E-state index >= 15 is 0 Å². The molecule has 140 valence electrons. The molecular weight excluding hydrogens is 348 g/mol. The van der Waals surface area contributed by atoms with Crippen LogP contribution in [0.4, 0.5) is 0 Å². The zero-order valence-electron chi connectivity index (χ0n) is 15.1. The Bertz CT molecular complexity index is 684. The highest BCUT2D eigenvalue weighted by molar-refractivity contribution is 7.09. The molecule has 0 bridgehead atoms. The summed E-state index contributed by atoms with van der Waals surface area (Å²) >= 11 is 1.70. The molecule has 2 aromatic rings. The molecular formula is C20H26N2O3S. The number of nitrogens with one attached hydrogen (secondary N) is 1. The van der Waals surface area contributed by atoms with Gasteiger partial charge in [0, 0.05) is 36.5 Å². The molecule has 2 heterocycles. The molecule has 0 spiro atoms. The molecule has 1 fully saturated rings. The third-order valence-corrected chi connectivity index (χ3v) is 5.59. The molecule has 26 heavy (non-hydrogen) atoms. The number of methoxy groups -OCH3 is 1. The summed E-state index contributed by atoms with van der Waals surface area (Å²) in [6.07, 6.45) is 1.31. The zero-order valence-corrected chi connectivity index (χ0v) is 16.0. The molecule has 0 aliphatic carbocycles. The largest absolute Gasteiger partial charge is 0.496 e. The molecule has 1 atom stereocenters. The lowest BCUT2D eigenvalue weighted by Crippen LogP contribution is -2.44. The summed E-state index contributed by atoms with van der Waals surface area (Å²) in [4.78, 5) is 15.9. The molecule has 1 saturated heterocycles. The van der Waals surface area contributed by atoms with Crippen LogP contribution in [0, 0.1) is 0 Å². The summed E-state index contributed by atoms with van der Waals surface area (Å²) < 4.78 is 11.0. The van der Waals surface area contributed by atoms with Gasteiger partial charge in [-0.1, -0.05) is 24.3 Å². The number of morpholine rings is 1. The fourth-order valence-corrected chi connectivity index (χ4v) is 3.97. The average molecular weight is 375 g/mol. The third kappa shape index (κ3) is 5.06. The van der Waals surface area contributed by atoms with Gasteiger partial charge in [-0.25, -0.2) is 0 Å². The Hall–Kier alpha value is -1.89. The second-order valence-electron chi connectivity index (χ2n) is 6.29. The number of benzene rings is 1. The predicted octanol–water partition coefficient (Wildman–Crippen LogP) is 2.88. The minimum Gasteiger partial charge on any atom is -0.496 e. The molecule has 0 radical (unpaired) electrons. The lowest BCUT2D eigenvalue weighted by atomic mass is 10.0. The maximum Gasteiger partial charge on any atom is 0.220 e. The van der Waals surface area contributed by atoms with Crippen LogP contribution in [0.25, 0.3) is 0 Å². The Balaban J connectivity index is 1.64. The van der Waals surface area contributed by atoms with Gasteiger partial charge >= 0.3 is 0 Å². The van der Waals surface area contributed by atoms with Crippen molar-refractivity contribution in [3.05, 3.63) is 52.2 Å². The maximum absolute atomic E-state index is 12.3. The highest BCUT2D eigenvalue weighted by atomic mass is 32.1. The summed E-state index contributed by atoms with van der Waals surface area (Å²) in [6.45, 7) is 3.72. The molecule has 1 aromatic heterocycles. The van der Waals surface area contributed by atoms with Crippen LogP contribution in [0.15, 0.2) is 41.8 Å². The van der Waals surface area contributed by atoms with Crippen molar-refractivity contribution >= 4 is 17.2 Å². The summed E-state index contributed by atoms with van der Waals surface area (Å²) in [5, 5.41) is 5.16. The summed E-state index contributed by atoms with van der Waals surface area (Å²) in [5.74, 6) is 0.948. The standard InChI is InChI=1S/C20H26N2O3S/c1-24-19-7-3-2-6-17(19)18(22-10-12-25-13-11-22)15-21-20(23)9-8-16-5-4-14-26-16/h2-7,14,18H,8-13,15H2,1H3,(H,21,23). The van der Waals surface area contributed by atoms with Gasteiger partial charge in [-0.05, 0) is 23.9 Å². The third-order valence-electron chi connectivity index (χ3n) is 4.66. The normalized spacial score (nSPS) is 16.2. The van der Waals surface area contributed by atoms with Crippen LogP contribution >= 0.6 is 11.3 Å². The number of nitrogens with zero attached hydrogens (tertiary/aromatic N) is 1. The van der Waals surface area contributed by atoms with Crippen molar-refractivity contribution in [3.8, 4) is 5.75 Å². The van der Waals surface area contributed by atoms with Gasteiger partial charge in [0.1, 0.15) is 5.75 Å². The van der Waals surface area contributed by atoms with Crippen molar-refractivity contribution < 1.29 is 14.3 Å². The molecule has 3 rings (SSSR count). The van der Waals surface area contributed by atoms with Crippen LogP contribution in [-0.2, 0) is 16.0 Å². The first-order valence-corrected chi connectivity index (χ1v) is 9.89. The van der Waals surface area contributed by atoms with E-state index in [1.165, 1.54) is 4.88 Å². The van der Waals surface area contributed by atoms with E-state index in [2.05, 4.69) is 22.3 Å². The van der Waals surface area contributed by atoms with E-state index in [-0.39, 0.29) is 11.9 Å². The van der Waals surface area contributed by atoms with Gasteiger partial charge in [-0.3, -0.25) is 9.69 Å². The Morgan fingerprint density at radius 3 is 2.81 bits per heavy atom. The van der Waals surface area contributed by atoms with Crippen LogP contribution in [0.5, 0.6) is 5.75 Å². The number of para-hydroxylation sites is 1. The molecule has 1 unspecified atom stereocenters. The first kappa shape index (κ1) is 18.9. The molecule has 5 nitrogen and oxygen atoms in total. The van der Waals surface area contributed by atoms with Crippen molar-refractivity contribution in [1.29, 1.82) is 0 Å². The first-order chi connectivity index (χ1) is 12.8. The monoisotopic (exact) mass is 374 g/mol. The zero-order chi connectivity index (χ0) is 18.2. The maximum atomic E-state index is 12.3. The molecule has 1 aliphatic heterocycles. The number of hydrogen-bond donors (Lipinski definition) is 1. The van der Waals surface area contributed by atoms with Crippen LogP contribution in [0.2, 0.25) is 0 Å². The van der Waals surface area contributed by atoms with Crippen molar-refractivity contribution in [1.82, 2.24) is 10.2 Å². The van der Waals surface area contributed by atoms with Crippen LogP contribution in [0.1, 0.15) is 22.9 Å². The highest BCUT2D eigenvalue weighted by Gasteiger charge is 2.25. The first-order valence-electron chi connectivity index (χ1n) is 9.01. The fraction of sp³-hybridized carbons (Fsp3) is 0.450. The van der Waals surface area contributed by atoms with Gasteiger partial charge in [-0.15, -0.1) is 11.3 Å². The molecule has 0 saturated carbocycles. The number of carbonyl (C=O) groups excluding carboxylic acids is 1. The van der Waals surface area contributed by atoms with E-state index in [1.807, 2.05) is 29.6 Å². The second-order valence-corrected chi connectivity index (χ2v) is 7.32. The Kier molecular flexibility index (Phi) is 7.05. The van der Waals surface area contributed by atoms with E-state index in [1.54, 1.807) is 18.4 Å². The van der Waals surface area contributed by atoms with Crippen molar-refractivity contribution in [2.45, 2.75) is 18.9 Å². The van der Waals surface area contributed by atoms with E-state index in [4.69, 9.17) is 9.47 Å². The number of rotatable bonds is 8. The number of ether oxygens (including phenoxy) is 2. The quantitative estimate of drug-likeness (QED) is 0.772. The molecule has 1 amide bonds.